The van der Waals surface area contributed by atoms with E-state index in [1.54, 1.807) is 16.7 Å². The van der Waals surface area contributed by atoms with Gasteiger partial charge in [0.2, 0.25) is 0 Å². The Bertz CT molecular complexity index is 975. The monoisotopic (exact) mass is 411 g/mol. The van der Waals surface area contributed by atoms with E-state index in [0.29, 0.717) is 12.8 Å². The molecule has 1 aromatic carbocycles. The van der Waals surface area contributed by atoms with Crippen LogP contribution in [0, 0.1) is 0 Å². The molecule has 0 N–H and O–H groups in total. The number of nitrogens with zero attached hydrogens (tertiary/aromatic N) is 3. The summed E-state index contributed by atoms with van der Waals surface area (Å²) in [5.41, 5.74) is 0.756. The van der Waals surface area contributed by atoms with Crippen LogP contribution in [-0.4, -0.2) is 49.0 Å². The first-order valence-electron chi connectivity index (χ1n) is 8.99. The van der Waals surface area contributed by atoms with Gasteiger partial charge in [-0.25, -0.2) is 21.8 Å². The van der Waals surface area contributed by atoms with Crippen molar-refractivity contribution in [2.75, 3.05) is 13.1 Å². The van der Waals surface area contributed by atoms with Gasteiger partial charge in [0.1, 0.15) is 0 Å². The number of sulfonamides is 1. The molecule has 0 bridgehead atoms. The lowest BCUT2D eigenvalue weighted by atomic mass is 10.2. The minimum atomic E-state index is -3.70. The molecule has 1 saturated heterocycles. The van der Waals surface area contributed by atoms with Crippen molar-refractivity contribution >= 4 is 19.9 Å². The molecule has 3 rings (SSSR count). The number of hydrogen-bond donors (Lipinski definition) is 0. The van der Waals surface area contributed by atoms with Crippen LogP contribution in [0.2, 0.25) is 0 Å². The van der Waals surface area contributed by atoms with Crippen LogP contribution >= 0.6 is 0 Å². The molecular formula is C18H25N3O4S2. The topological polar surface area (TPSA) is 89.3 Å². The molecule has 0 radical (unpaired) electrons. The van der Waals surface area contributed by atoms with Crippen LogP contribution in [-0.2, 0) is 25.6 Å². The van der Waals surface area contributed by atoms with Crippen LogP contribution < -0.4 is 0 Å². The van der Waals surface area contributed by atoms with Crippen molar-refractivity contribution in [3.8, 4) is 0 Å². The van der Waals surface area contributed by atoms with Crippen LogP contribution in [0.15, 0.2) is 47.9 Å². The summed E-state index contributed by atoms with van der Waals surface area (Å²) in [6.07, 6.45) is 3.64. The molecule has 0 aliphatic carbocycles. The second-order valence-corrected chi connectivity index (χ2v) is 11.3. The number of rotatable bonds is 6. The zero-order chi connectivity index (χ0) is 19.7. The smallest absolute Gasteiger partial charge is 0.262 e. The summed E-state index contributed by atoms with van der Waals surface area (Å²) in [6.45, 7) is 4.27. The van der Waals surface area contributed by atoms with Gasteiger partial charge in [0.15, 0.2) is 14.9 Å². The molecule has 1 aromatic heterocycles. The molecule has 7 nitrogen and oxygen atoms in total. The van der Waals surface area contributed by atoms with Crippen LogP contribution in [0.3, 0.4) is 0 Å². The van der Waals surface area contributed by atoms with Crippen molar-refractivity contribution < 1.29 is 16.8 Å². The lowest BCUT2D eigenvalue weighted by Gasteiger charge is -2.30. The van der Waals surface area contributed by atoms with Gasteiger partial charge in [0.25, 0.3) is 10.0 Å². The van der Waals surface area contributed by atoms with Gasteiger partial charge < -0.3 is 4.57 Å². The lowest BCUT2D eigenvalue weighted by molar-refractivity contribution is 0.344. The standard InChI is InChI=1S/C18H25N3O4S2/c1-15(2)20-12-18(19-14-20)27(24,25)21-10-8-17(9-11-21)26(22,23)13-16-6-4-3-5-7-16/h3-7,12,14-15,17H,8-11,13H2,1-2H3. The van der Waals surface area contributed by atoms with Crippen molar-refractivity contribution in [3.05, 3.63) is 48.4 Å². The average Bonchev–Trinajstić information content (AvgIpc) is 3.14. The number of hydrogen-bond acceptors (Lipinski definition) is 5. The summed E-state index contributed by atoms with van der Waals surface area (Å²) in [4.78, 5) is 4.02. The lowest BCUT2D eigenvalue weighted by Crippen LogP contribution is -2.42. The van der Waals surface area contributed by atoms with Gasteiger partial charge in [-0.3, -0.25) is 0 Å². The molecule has 0 spiro atoms. The molecule has 1 aliphatic rings. The molecule has 0 saturated carbocycles. The Morgan fingerprint density at radius 1 is 1.07 bits per heavy atom. The third kappa shape index (κ3) is 4.41. The average molecular weight is 412 g/mol. The van der Waals surface area contributed by atoms with Gasteiger partial charge in [-0.2, -0.15) is 4.31 Å². The van der Waals surface area contributed by atoms with Crippen molar-refractivity contribution in [1.29, 1.82) is 0 Å². The molecule has 1 aliphatic heterocycles. The van der Waals surface area contributed by atoms with E-state index < -0.39 is 25.1 Å². The normalized spacial score (nSPS) is 17.4. The highest BCUT2D eigenvalue weighted by Gasteiger charge is 2.35. The van der Waals surface area contributed by atoms with Gasteiger partial charge in [0.05, 0.1) is 17.3 Å². The van der Waals surface area contributed by atoms with Crippen molar-refractivity contribution in [3.63, 3.8) is 0 Å². The highest BCUT2D eigenvalue weighted by Crippen LogP contribution is 2.25. The fraction of sp³-hybridized carbons (Fsp3) is 0.500. The van der Waals surface area contributed by atoms with Crippen LogP contribution in [0.4, 0.5) is 0 Å². The first kappa shape index (κ1) is 20.0. The Balaban J connectivity index is 1.67. The SMILES string of the molecule is CC(C)n1cnc(S(=O)(=O)N2CCC(S(=O)(=O)Cc3ccccc3)CC2)c1. The predicted octanol–water partition coefficient (Wildman–Crippen LogP) is 2.23. The maximum absolute atomic E-state index is 12.8. The maximum Gasteiger partial charge on any atom is 0.262 e. The zero-order valence-electron chi connectivity index (χ0n) is 15.5. The van der Waals surface area contributed by atoms with E-state index >= 15 is 0 Å². The third-order valence-corrected chi connectivity index (χ3v) is 8.91. The number of piperidine rings is 1. The molecule has 2 heterocycles. The molecule has 9 heteroatoms. The first-order chi connectivity index (χ1) is 12.7. The van der Waals surface area contributed by atoms with E-state index in [0.717, 1.165) is 5.56 Å². The maximum atomic E-state index is 12.8. The van der Waals surface area contributed by atoms with E-state index in [4.69, 9.17) is 0 Å². The highest BCUT2D eigenvalue weighted by molar-refractivity contribution is 7.91. The summed E-state index contributed by atoms with van der Waals surface area (Å²) in [5.74, 6) is -0.00987. The van der Waals surface area contributed by atoms with E-state index in [1.807, 2.05) is 32.0 Å². The van der Waals surface area contributed by atoms with Gasteiger partial charge in [-0.05, 0) is 32.3 Å². The van der Waals surface area contributed by atoms with E-state index in [1.165, 1.54) is 16.8 Å². The fourth-order valence-corrected chi connectivity index (χ4v) is 6.43. The van der Waals surface area contributed by atoms with Gasteiger partial charge in [-0.15, -0.1) is 0 Å². The minimum absolute atomic E-state index is 0.00987. The molecule has 1 fully saturated rings. The van der Waals surface area contributed by atoms with Gasteiger partial charge >= 0.3 is 0 Å². The summed E-state index contributed by atoms with van der Waals surface area (Å²) >= 11 is 0. The summed E-state index contributed by atoms with van der Waals surface area (Å²) in [5, 5.41) is -0.501. The Labute approximate surface area is 161 Å². The predicted molar refractivity (Wildman–Crippen MR) is 103 cm³/mol. The van der Waals surface area contributed by atoms with Crippen molar-refractivity contribution in [1.82, 2.24) is 13.9 Å². The Kier molecular flexibility index (Phi) is 5.73. The molecule has 148 valence electrons. The van der Waals surface area contributed by atoms with Crippen LogP contribution in [0.1, 0.15) is 38.3 Å². The van der Waals surface area contributed by atoms with E-state index in [9.17, 15) is 16.8 Å². The molecule has 2 aromatic rings. The summed E-state index contributed by atoms with van der Waals surface area (Å²) in [7, 11) is -7.01. The van der Waals surface area contributed by atoms with Gasteiger partial charge in [-0.1, -0.05) is 30.3 Å². The van der Waals surface area contributed by atoms with E-state index in [-0.39, 0.29) is 29.9 Å². The highest BCUT2D eigenvalue weighted by atomic mass is 32.2. The largest absolute Gasteiger partial charge is 0.334 e. The molecule has 0 amide bonds. The van der Waals surface area contributed by atoms with Crippen molar-refractivity contribution in [2.45, 2.75) is 48.8 Å². The zero-order valence-corrected chi connectivity index (χ0v) is 17.2. The van der Waals surface area contributed by atoms with Crippen LogP contribution in [0.25, 0.3) is 0 Å². The molecule has 0 unspecified atom stereocenters. The first-order valence-corrected chi connectivity index (χ1v) is 12.1. The molecule has 27 heavy (non-hydrogen) atoms. The molecule has 0 atom stereocenters. The second kappa shape index (κ2) is 7.73. The number of imidazole rings is 1. The Morgan fingerprint density at radius 3 is 2.26 bits per heavy atom. The van der Waals surface area contributed by atoms with Crippen LogP contribution in [0.5, 0.6) is 0 Å². The Morgan fingerprint density at radius 2 is 1.70 bits per heavy atom. The van der Waals surface area contributed by atoms with Crippen molar-refractivity contribution in [2.24, 2.45) is 0 Å². The number of aromatic nitrogens is 2. The fourth-order valence-electron chi connectivity index (χ4n) is 3.22. The Hall–Kier alpha value is -1.71. The number of benzene rings is 1. The summed E-state index contributed by atoms with van der Waals surface area (Å²) in [6, 6.07) is 9.19. The third-order valence-electron chi connectivity index (χ3n) is 4.90. The van der Waals surface area contributed by atoms with Gasteiger partial charge in [0, 0.05) is 25.3 Å². The minimum Gasteiger partial charge on any atom is -0.334 e. The van der Waals surface area contributed by atoms with E-state index in [2.05, 4.69) is 4.98 Å². The summed E-state index contributed by atoms with van der Waals surface area (Å²) < 4.78 is 54.0. The second-order valence-electron chi connectivity index (χ2n) is 7.15. The number of sulfone groups is 1. The quantitative estimate of drug-likeness (QED) is 0.727. The molecular weight excluding hydrogens is 386 g/mol.